The topological polar surface area (TPSA) is 62.4 Å². The van der Waals surface area contributed by atoms with Crippen molar-refractivity contribution >= 4 is 34.4 Å². The van der Waals surface area contributed by atoms with Crippen LogP contribution in [0.3, 0.4) is 0 Å². The molecule has 1 aliphatic heterocycles. The van der Waals surface area contributed by atoms with Crippen molar-refractivity contribution in [1.29, 1.82) is 0 Å². The molecule has 0 radical (unpaired) electrons. The number of amides is 1. The SMILES string of the molecule is COC(=O)c1ccc2[nH]c3c(c2c1)CN(C(=O)Cc1ccc(Cl)cc1)CC3. The predicted molar refractivity (Wildman–Crippen MR) is 104 cm³/mol. The molecule has 138 valence electrons. The summed E-state index contributed by atoms with van der Waals surface area (Å²) in [6.07, 6.45) is 1.12. The van der Waals surface area contributed by atoms with Crippen LogP contribution >= 0.6 is 11.6 Å². The first-order chi connectivity index (χ1) is 13.0. The molecule has 6 heteroatoms. The van der Waals surface area contributed by atoms with Gasteiger partial charge in [0.2, 0.25) is 5.91 Å². The zero-order valence-corrected chi connectivity index (χ0v) is 15.7. The van der Waals surface area contributed by atoms with Crippen LogP contribution in [0.2, 0.25) is 5.02 Å². The Labute approximate surface area is 161 Å². The molecule has 0 saturated carbocycles. The van der Waals surface area contributed by atoms with Gasteiger partial charge < -0.3 is 14.6 Å². The Morgan fingerprint density at radius 1 is 1.19 bits per heavy atom. The molecule has 1 aromatic heterocycles. The highest BCUT2D eigenvalue weighted by atomic mass is 35.5. The molecule has 0 bridgehead atoms. The van der Waals surface area contributed by atoms with Gasteiger partial charge in [0.15, 0.2) is 0 Å². The van der Waals surface area contributed by atoms with Crippen LogP contribution in [0.15, 0.2) is 42.5 Å². The molecule has 1 amide bonds. The maximum Gasteiger partial charge on any atom is 0.337 e. The number of H-pyrrole nitrogens is 1. The van der Waals surface area contributed by atoms with Gasteiger partial charge in [0.05, 0.1) is 19.1 Å². The van der Waals surface area contributed by atoms with E-state index in [1.165, 1.54) is 7.11 Å². The lowest BCUT2D eigenvalue weighted by molar-refractivity contribution is -0.131. The van der Waals surface area contributed by atoms with Gasteiger partial charge in [-0.1, -0.05) is 23.7 Å². The Hall–Kier alpha value is -2.79. The number of carbonyl (C=O) groups excluding carboxylic acids is 2. The summed E-state index contributed by atoms with van der Waals surface area (Å²) in [6.45, 7) is 1.21. The third-order valence-corrected chi connectivity index (χ3v) is 5.27. The summed E-state index contributed by atoms with van der Waals surface area (Å²) >= 11 is 5.91. The number of carbonyl (C=O) groups is 2. The molecule has 5 nitrogen and oxygen atoms in total. The number of hydrogen-bond acceptors (Lipinski definition) is 3. The smallest absolute Gasteiger partial charge is 0.337 e. The van der Waals surface area contributed by atoms with Crippen LogP contribution in [0.25, 0.3) is 10.9 Å². The average molecular weight is 383 g/mol. The summed E-state index contributed by atoms with van der Waals surface area (Å²) in [5.74, 6) is -0.278. The molecule has 2 heterocycles. The standard InChI is InChI=1S/C21H19ClN2O3/c1-27-21(26)14-4-7-18-16(11-14)17-12-24(9-8-19(17)23-18)20(25)10-13-2-5-15(22)6-3-13/h2-7,11,23H,8-10,12H2,1H3. The zero-order valence-electron chi connectivity index (χ0n) is 14.9. The second-order valence-corrected chi connectivity index (χ2v) is 7.14. The van der Waals surface area contributed by atoms with Gasteiger partial charge in [-0.15, -0.1) is 0 Å². The first-order valence-corrected chi connectivity index (χ1v) is 9.17. The maximum atomic E-state index is 12.8. The fraction of sp³-hybridized carbons (Fsp3) is 0.238. The van der Waals surface area contributed by atoms with Crippen LogP contribution < -0.4 is 0 Å². The van der Waals surface area contributed by atoms with Crippen LogP contribution in [-0.4, -0.2) is 35.4 Å². The van der Waals surface area contributed by atoms with Crippen molar-refractivity contribution in [3.8, 4) is 0 Å². The summed E-state index contributed by atoms with van der Waals surface area (Å²) in [7, 11) is 1.37. The fourth-order valence-corrected chi connectivity index (χ4v) is 3.69. The minimum absolute atomic E-state index is 0.0847. The van der Waals surface area contributed by atoms with E-state index in [0.717, 1.165) is 34.1 Å². The van der Waals surface area contributed by atoms with E-state index in [1.54, 1.807) is 18.2 Å². The van der Waals surface area contributed by atoms with Crippen LogP contribution in [-0.2, 0) is 28.9 Å². The predicted octanol–water partition coefficient (Wildman–Crippen LogP) is 3.74. The van der Waals surface area contributed by atoms with Gasteiger partial charge in [-0.2, -0.15) is 0 Å². The second kappa shape index (κ2) is 7.08. The molecule has 0 atom stereocenters. The van der Waals surface area contributed by atoms with E-state index in [4.69, 9.17) is 16.3 Å². The van der Waals surface area contributed by atoms with Crippen molar-refractivity contribution in [3.63, 3.8) is 0 Å². The Morgan fingerprint density at radius 2 is 1.96 bits per heavy atom. The van der Waals surface area contributed by atoms with Gasteiger partial charge in [-0.3, -0.25) is 4.79 Å². The molecule has 0 fully saturated rings. The average Bonchev–Trinajstić information content (AvgIpc) is 3.06. The lowest BCUT2D eigenvalue weighted by Crippen LogP contribution is -2.36. The molecule has 0 aliphatic carbocycles. The van der Waals surface area contributed by atoms with Crippen molar-refractivity contribution in [2.45, 2.75) is 19.4 Å². The molecule has 1 aliphatic rings. The summed E-state index contributed by atoms with van der Waals surface area (Å²) < 4.78 is 4.82. The molecule has 0 spiro atoms. The van der Waals surface area contributed by atoms with E-state index in [1.807, 2.05) is 29.2 Å². The number of hydrogen-bond donors (Lipinski definition) is 1. The monoisotopic (exact) mass is 382 g/mol. The quantitative estimate of drug-likeness (QED) is 0.702. The molecular weight excluding hydrogens is 364 g/mol. The van der Waals surface area contributed by atoms with E-state index < -0.39 is 0 Å². The number of rotatable bonds is 3. The van der Waals surface area contributed by atoms with E-state index in [-0.39, 0.29) is 11.9 Å². The number of nitrogens with zero attached hydrogens (tertiary/aromatic N) is 1. The van der Waals surface area contributed by atoms with Crippen LogP contribution in [0.4, 0.5) is 0 Å². The van der Waals surface area contributed by atoms with Gasteiger partial charge in [-0.05, 0) is 35.9 Å². The highest BCUT2D eigenvalue weighted by Gasteiger charge is 2.24. The van der Waals surface area contributed by atoms with Crippen molar-refractivity contribution < 1.29 is 14.3 Å². The Balaban J connectivity index is 1.58. The van der Waals surface area contributed by atoms with Gasteiger partial charge in [0.25, 0.3) is 0 Å². The second-order valence-electron chi connectivity index (χ2n) is 6.70. The number of esters is 1. The van der Waals surface area contributed by atoms with Gasteiger partial charge in [0, 0.05) is 46.7 Å². The lowest BCUT2D eigenvalue weighted by Gasteiger charge is -2.27. The molecule has 4 rings (SSSR count). The largest absolute Gasteiger partial charge is 0.465 e. The molecule has 0 saturated heterocycles. The fourth-order valence-electron chi connectivity index (χ4n) is 3.56. The van der Waals surface area contributed by atoms with E-state index >= 15 is 0 Å². The van der Waals surface area contributed by atoms with Gasteiger partial charge in [0.1, 0.15) is 0 Å². The van der Waals surface area contributed by atoms with Crippen LogP contribution in [0, 0.1) is 0 Å². The van der Waals surface area contributed by atoms with Crippen LogP contribution in [0.1, 0.15) is 27.2 Å². The maximum absolute atomic E-state index is 12.8. The minimum Gasteiger partial charge on any atom is -0.465 e. The summed E-state index contributed by atoms with van der Waals surface area (Å²) in [5.41, 5.74) is 4.63. The Kier molecular flexibility index (Phi) is 4.62. The normalized spacial score (nSPS) is 13.5. The number of aromatic nitrogens is 1. The molecule has 2 aromatic carbocycles. The number of aromatic amines is 1. The van der Waals surface area contributed by atoms with E-state index in [0.29, 0.717) is 30.1 Å². The number of fused-ring (bicyclic) bond motifs is 3. The third kappa shape index (κ3) is 3.43. The zero-order chi connectivity index (χ0) is 19.0. The Morgan fingerprint density at radius 3 is 2.70 bits per heavy atom. The highest BCUT2D eigenvalue weighted by molar-refractivity contribution is 6.30. The third-order valence-electron chi connectivity index (χ3n) is 5.02. The molecule has 27 heavy (non-hydrogen) atoms. The lowest BCUT2D eigenvalue weighted by atomic mass is 10.0. The molecule has 0 unspecified atom stereocenters. The number of halogens is 1. The Bertz CT molecular complexity index is 1020. The number of methoxy groups -OCH3 is 1. The van der Waals surface area contributed by atoms with Gasteiger partial charge in [-0.25, -0.2) is 4.79 Å². The number of nitrogens with one attached hydrogen (secondary N) is 1. The van der Waals surface area contributed by atoms with Crippen molar-refractivity contribution in [1.82, 2.24) is 9.88 Å². The summed E-state index contributed by atoms with van der Waals surface area (Å²) in [5, 5.41) is 1.63. The molecule has 3 aromatic rings. The van der Waals surface area contributed by atoms with E-state index in [2.05, 4.69) is 4.98 Å². The number of benzene rings is 2. The van der Waals surface area contributed by atoms with Crippen molar-refractivity contribution in [3.05, 3.63) is 69.9 Å². The number of ether oxygens (including phenoxy) is 1. The van der Waals surface area contributed by atoms with Crippen LogP contribution in [0.5, 0.6) is 0 Å². The molecule has 1 N–H and O–H groups in total. The highest BCUT2D eigenvalue weighted by Crippen LogP contribution is 2.29. The van der Waals surface area contributed by atoms with E-state index in [9.17, 15) is 9.59 Å². The van der Waals surface area contributed by atoms with Crippen molar-refractivity contribution in [2.75, 3.05) is 13.7 Å². The summed E-state index contributed by atoms with van der Waals surface area (Å²) in [4.78, 5) is 29.9. The first-order valence-electron chi connectivity index (χ1n) is 8.79. The van der Waals surface area contributed by atoms with Crippen molar-refractivity contribution in [2.24, 2.45) is 0 Å². The summed E-state index contributed by atoms with van der Waals surface area (Å²) in [6, 6.07) is 12.8. The molecular formula is C21H19ClN2O3. The minimum atomic E-state index is -0.363. The van der Waals surface area contributed by atoms with Gasteiger partial charge >= 0.3 is 5.97 Å². The first kappa shape index (κ1) is 17.6.